The summed E-state index contributed by atoms with van der Waals surface area (Å²) in [6.07, 6.45) is 3.13. The number of hydrogen-bond acceptors (Lipinski definition) is 3. The number of benzene rings is 2. The zero-order chi connectivity index (χ0) is 16.1. The van der Waals surface area contributed by atoms with Gasteiger partial charge in [0.2, 0.25) is 0 Å². The molecule has 0 aliphatic heterocycles. The van der Waals surface area contributed by atoms with Crippen LogP contribution in [0.2, 0.25) is 0 Å². The Morgan fingerprint density at radius 1 is 0.773 bits per heavy atom. The van der Waals surface area contributed by atoms with Crippen molar-refractivity contribution in [2.75, 3.05) is 0 Å². The van der Waals surface area contributed by atoms with Gasteiger partial charge in [-0.1, -0.05) is 48.5 Å². The third-order valence-corrected chi connectivity index (χ3v) is 3.30. The highest BCUT2D eigenvalue weighted by Gasteiger charge is 2.04. The summed E-state index contributed by atoms with van der Waals surface area (Å²) in [5, 5.41) is 0. The van der Waals surface area contributed by atoms with Crippen molar-refractivity contribution in [3.8, 4) is 0 Å². The molecule has 3 heteroatoms. The van der Waals surface area contributed by atoms with Gasteiger partial charge < -0.3 is 0 Å². The average Bonchev–Trinajstić information content (AvgIpc) is 2.53. The highest BCUT2D eigenvalue weighted by molar-refractivity contribution is 6.07. The van der Waals surface area contributed by atoms with Crippen LogP contribution in [0, 0.1) is 0 Å². The molecule has 0 unspecified atom stereocenters. The lowest BCUT2D eigenvalue weighted by molar-refractivity contribution is 0.100. The van der Waals surface area contributed by atoms with Crippen LogP contribution in [-0.4, -0.2) is 17.3 Å². The molecule has 0 atom stereocenters. The molecule has 0 radical (unpaired) electrons. The molecule has 0 N–H and O–H groups in total. The molecule has 0 spiro atoms. The Bertz CT molecular complexity index is 753. The van der Waals surface area contributed by atoms with Crippen molar-refractivity contribution in [2.45, 2.75) is 13.8 Å². The summed E-state index contributed by atoms with van der Waals surface area (Å²) in [6.45, 7) is 2.99. The standard InChI is InChI=1S/C19H16O3/c1-13(20)16-7-9-17(10-8-16)19(22)11-6-15-4-3-5-18(12-15)14(2)21/h3-12H,1-2H3/b11-6+. The predicted octanol–water partition coefficient (Wildman–Crippen LogP) is 3.99. The molecular weight excluding hydrogens is 276 g/mol. The van der Waals surface area contributed by atoms with Gasteiger partial charge in [0.05, 0.1) is 0 Å². The number of carbonyl (C=O) groups is 3. The van der Waals surface area contributed by atoms with Crippen LogP contribution in [-0.2, 0) is 0 Å². The van der Waals surface area contributed by atoms with Gasteiger partial charge in [-0.2, -0.15) is 0 Å². The fourth-order valence-electron chi connectivity index (χ4n) is 2.00. The minimum atomic E-state index is -0.150. The van der Waals surface area contributed by atoms with E-state index in [0.29, 0.717) is 16.7 Å². The average molecular weight is 292 g/mol. The Morgan fingerprint density at radius 2 is 1.36 bits per heavy atom. The third kappa shape index (κ3) is 3.85. The predicted molar refractivity (Wildman–Crippen MR) is 86.3 cm³/mol. The summed E-state index contributed by atoms with van der Waals surface area (Å²) < 4.78 is 0. The van der Waals surface area contributed by atoms with Crippen LogP contribution in [0.1, 0.15) is 50.5 Å². The Labute approximate surface area is 129 Å². The van der Waals surface area contributed by atoms with Gasteiger partial charge in [0.25, 0.3) is 0 Å². The van der Waals surface area contributed by atoms with Crippen LogP contribution in [0.25, 0.3) is 6.08 Å². The zero-order valence-corrected chi connectivity index (χ0v) is 12.5. The summed E-state index contributed by atoms with van der Waals surface area (Å²) in [4.78, 5) is 34.6. The van der Waals surface area contributed by atoms with Crippen molar-refractivity contribution in [1.82, 2.24) is 0 Å². The zero-order valence-electron chi connectivity index (χ0n) is 12.5. The van der Waals surface area contributed by atoms with Crippen molar-refractivity contribution in [3.63, 3.8) is 0 Å². The van der Waals surface area contributed by atoms with E-state index in [1.54, 1.807) is 48.5 Å². The van der Waals surface area contributed by atoms with E-state index in [1.165, 1.54) is 19.9 Å². The normalized spacial score (nSPS) is 10.6. The number of Topliss-reactive ketones (excluding diaryl/α,β-unsaturated/α-hetero) is 2. The third-order valence-electron chi connectivity index (χ3n) is 3.30. The van der Waals surface area contributed by atoms with Gasteiger partial charge in [-0.3, -0.25) is 14.4 Å². The van der Waals surface area contributed by atoms with E-state index in [1.807, 2.05) is 6.07 Å². The molecule has 0 aliphatic rings. The lowest BCUT2D eigenvalue weighted by atomic mass is 10.0. The van der Waals surface area contributed by atoms with Crippen molar-refractivity contribution in [1.29, 1.82) is 0 Å². The molecule has 0 bridgehead atoms. The van der Waals surface area contributed by atoms with E-state index in [2.05, 4.69) is 0 Å². The first-order valence-corrected chi connectivity index (χ1v) is 6.92. The van der Waals surface area contributed by atoms with Gasteiger partial charge in [-0.15, -0.1) is 0 Å². The summed E-state index contributed by atoms with van der Waals surface area (Å²) in [7, 11) is 0. The summed E-state index contributed by atoms with van der Waals surface area (Å²) >= 11 is 0. The van der Waals surface area contributed by atoms with Gasteiger partial charge in [0.15, 0.2) is 17.3 Å². The Balaban J connectivity index is 2.15. The molecule has 2 rings (SSSR count). The number of allylic oxidation sites excluding steroid dienone is 1. The summed E-state index contributed by atoms with van der Waals surface area (Å²) in [6, 6.07) is 13.6. The van der Waals surface area contributed by atoms with Gasteiger partial charge in [-0.05, 0) is 31.6 Å². The second-order valence-corrected chi connectivity index (χ2v) is 5.01. The van der Waals surface area contributed by atoms with Crippen LogP contribution in [0.5, 0.6) is 0 Å². The minimum Gasteiger partial charge on any atom is -0.295 e. The summed E-state index contributed by atoms with van der Waals surface area (Å²) in [5.74, 6) is -0.194. The molecule has 22 heavy (non-hydrogen) atoms. The second kappa shape index (κ2) is 6.76. The van der Waals surface area contributed by atoms with E-state index < -0.39 is 0 Å². The number of ketones is 3. The maximum Gasteiger partial charge on any atom is 0.185 e. The van der Waals surface area contributed by atoms with Crippen LogP contribution < -0.4 is 0 Å². The van der Waals surface area contributed by atoms with Gasteiger partial charge in [0.1, 0.15) is 0 Å². The highest BCUT2D eigenvalue weighted by Crippen LogP contribution is 2.10. The van der Waals surface area contributed by atoms with Crippen molar-refractivity contribution >= 4 is 23.4 Å². The van der Waals surface area contributed by atoms with Gasteiger partial charge >= 0.3 is 0 Å². The lowest BCUT2D eigenvalue weighted by Crippen LogP contribution is -1.97. The number of hydrogen-bond donors (Lipinski definition) is 0. The van der Waals surface area contributed by atoms with Crippen LogP contribution in [0.3, 0.4) is 0 Å². The topological polar surface area (TPSA) is 51.2 Å². The second-order valence-electron chi connectivity index (χ2n) is 5.01. The molecule has 0 saturated carbocycles. The maximum atomic E-state index is 12.1. The SMILES string of the molecule is CC(=O)c1ccc(C(=O)/C=C/c2cccc(C(C)=O)c2)cc1. The van der Waals surface area contributed by atoms with Crippen molar-refractivity contribution in [3.05, 3.63) is 76.9 Å². The molecule has 2 aromatic rings. The Morgan fingerprint density at radius 3 is 1.95 bits per heavy atom. The minimum absolute atomic E-state index is 0.0126. The molecule has 2 aromatic carbocycles. The maximum absolute atomic E-state index is 12.1. The van der Waals surface area contributed by atoms with Gasteiger partial charge in [-0.25, -0.2) is 0 Å². The quantitative estimate of drug-likeness (QED) is 0.618. The van der Waals surface area contributed by atoms with E-state index in [0.717, 1.165) is 5.56 Å². The molecule has 0 aromatic heterocycles. The molecule has 0 amide bonds. The van der Waals surface area contributed by atoms with Crippen molar-refractivity contribution in [2.24, 2.45) is 0 Å². The molecule has 0 aliphatic carbocycles. The summed E-state index contributed by atoms with van der Waals surface area (Å²) in [5.41, 5.74) is 2.50. The molecule has 110 valence electrons. The highest BCUT2D eigenvalue weighted by atomic mass is 16.1. The smallest absolute Gasteiger partial charge is 0.185 e. The first-order valence-electron chi connectivity index (χ1n) is 6.92. The van der Waals surface area contributed by atoms with E-state index in [-0.39, 0.29) is 17.3 Å². The molecule has 0 saturated heterocycles. The first-order chi connectivity index (χ1) is 10.5. The fourth-order valence-corrected chi connectivity index (χ4v) is 2.00. The Hall–Kier alpha value is -2.81. The molecule has 0 heterocycles. The number of rotatable bonds is 5. The molecule has 0 fully saturated rings. The van der Waals surface area contributed by atoms with Crippen LogP contribution >= 0.6 is 0 Å². The van der Waals surface area contributed by atoms with Crippen LogP contribution in [0.15, 0.2) is 54.6 Å². The van der Waals surface area contributed by atoms with E-state index >= 15 is 0 Å². The van der Waals surface area contributed by atoms with Gasteiger partial charge in [0, 0.05) is 16.7 Å². The molecule has 3 nitrogen and oxygen atoms in total. The monoisotopic (exact) mass is 292 g/mol. The fraction of sp³-hybridized carbons (Fsp3) is 0.105. The lowest BCUT2D eigenvalue weighted by Gasteiger charge is -1.99. The van der Waals surface area contributed by atoms with E-state index in [9.17, 15) is 14.4 Å². The molecular formula is C19H16O3. The number of carbonyl (C=O) groups excluding carboxylic acids is 3. The first kappa shape index (κ1) is 15.6. The van der Waals surface area contributed by atoms with Crippen molar-refractivity contribution < 1.29 is 14.4 Å². The largest absolute Gasteiger partial charge is 0.295 e. The van der Waals surface area contributed by atoms with Crippen LogP contribution in [0.4, 0.5) is 0 Å². The Kier molecular flexibility index (Phi) is 4.79. The van der Waals surface area contributed by atoms with E-state index in [4.69, 9.17) is 0 Å².